The Kier molecular flexibility index (Phi) is 6.15. The molecule has 1 aliphatic rings. The Morgan fingerprint density at radius 3 is 2.61 bits per heavy atom. The van der Waals surface area contributed by atoms with Crippen LogP contribution in [0.5, 0.6) is 0 Å². The molecule has 0 aliphatic carbocycles. The van der Waals surface area contributed by atoms with Gasteiger partial charge in [0.1, 0.15) is 0 Å². The second-order valence-corrected chi connectivity index (χ2v) is 7.92. The highest BCUT2D eigenvalue weighted by Gasteiger charge is 2.20. The number of rotatable bonds is 6. The Hall–Kier alpha value is -1.44. The van der Waals surface area contributed by atoms with E-state index in [2.05, 4.69) is 14.9 Å². The largest absolute Gasteiger partial charge is 0.356 e. The minimum atomic E-state index is -3.38. The van der Waals surface area contributed by atoms with Crippen LogP contribution in [0.2, 0.25) is 0 Å². The first-order chi connectivity index (χ1) is 10.9. The van der Waals surface area contributed by atoms with E-state index in [1.54, 1.807) is 19.1 Å². The summed E-state index contributed by atoms with van der Waals surface area (Å²) >= 11 is 0. The van der Waals surface area contributed by atoms with Gasteiger partial charge in [0, 0.05) is 26.6 Å². The van der Waals surface area contributed by atoms with Crippen molar-refractivity contribution in [1.82, 2.24) is 14.9 Å². The Morgan fingerprint density at radius 2 is 2.00 bits per heavy atom. The van der Waals surface area contributed by atoms with Crippen molar-refractivity contribution in [2.24, 2.45) is 5.92 Å². The second kappa shape index (κ2) is 7.90. The first kappa shape index (κ1) is 17.9. The zero-order valence-corrected chi connectivity index (χ0v) is 14.5. The number of amides is 1. The first-order valence-corrected chi connectivity index (χ1v) is 9.38. The van der Waals surface area contributed by atoms with Gasteiger partial charge in [0.15, 0.2) is 0 Å². The fraction of sp³-hybridized carbons (Fsp3) is 0.562. The molecule has 0 bridgehead atoms. The molecule has 0 saturated carbocycles. The molecule has 1 heterocycles. The summed E-state index contributed by atoms with van der Waals surface area (Å²) in [6, 6.07) is 7.00. The smallest absolute Gasteiger partial charge is 0.240 e. The highest BCUT2D eigenvalue weighted by molar-refractivity contribution is 7.89. The standard InChI is InChI=1S/C16H25N3O3S/c1-13(20)18-10-15-4-3-9-19(12-15)11-14-5-7-16(8-6-14)23(21,22)17-2/h5-8,15,17H,3-4,9-12H2,1-2H3,(H,18,20)/t15-/m0/s1. The summed E-state index contributed by atoms with van der Waals surface area (Å²) in [7, 11) is -1.97. The molecule has 23 heavy (non-hydrogen) atoms. The molecule has 0 radical (unpaired) electrons. The number of likely N-dealkylation sites (tertiary alicyclic amines) is 1. The van der Waals surface area contributed by atoms with Gasteiger partial charge < -0.3 is 5.32 Å². The van der Waals surface area contributed by atoms with E-state index in [1.165, 1.54) is 7.05 Å². The molecule has 7 heteroatoms. The molecule has 1 saturated heterocycles. The van der Waals surface area contributed by atoms with Gasteiger partial charge in [-0.05, 0) is 50.0 Å². The number of hydrogen-bond donors (Lipinski definition) is 2. The summed E-state index contributed by atoms with van der Waals surface area (Å²) < 4.78 is 25.7. The summed E-state index contributed by atoms with van der Waals surface area (Å²) in [5.74, 6) is 0.500. The Balaban J connectivity index is 1.92. The minimum absolute atomic E-state index is 0.0171. The third-order valence-corrected chi connectivity index (χ3v) is 5.58. The number of piperidine rings is 1. The Morgan fingerprint density at radius 1 is 1.30 bits per heavy atom. The van der Waals surface area contributed by atoms with Crippen LogP contribution in [0, 0.1) is 5.92 Å². The predicted molar refractivity (Wildman–Crippen MR) is 89.4 cm³/mol. The quantitative estimate of drug-likeness (QED) is 0.809. The fourth-order valence-corrected chi connectivity index (χ4v) is 3.63. The second-order valence-electron chi connectivity index (χ2n) is 6.03. The van der Waals surface area contributed by atoms with Gasteiger partial charge in [-0.15, -0.1) is 0 Å². The normalized spacial score (nSPS) is 19.5. The van der Waals surface area contributed by atoms with Gasteiger partial charge in [0.25, 0.3) is 0 Å². The first-order valence-electron chi connectivity index (χ1n) is 7.90. The van der Waals surface area contributed by atoms with Crippen molar-refractivity contribution in [3.63, 3.8) is 0 Å². The SMILES string of the molecule is CNS(=O)(=O)c1ccc(CN2CCC[C@@H](CNC(C)=O)C2)cc1. The molecule has 1 aromatic rings. The van der Waals surface area contributed by atoms with E-state index in [-0.39, 0.29) is 10.8 Å². The van der Waals surface area contributed by atoms with Crippen LogP contribution in [-0.4, -0.2) is 45.9 Å². The number of carbonyl (C=O) groups excluding carboxylic acids is 1. The lowest BCUT2D eigenvalue weighted by Crippen LogP contribution is -2.40. The van der Waals surface area contributed by atoms with Crippen molar-refractivity contribution in [3.05, 3.63) is 29.8 Å². The zero-order chi connectivity index (χ0) is 16.9. The molecule has 1 aliphatic heterocycles. The van der Waals surface area contributed by atoms with Crippen LogP contribution in [-0.2, 0) is 21.4 Å². The molecule has 128 valence electrons. The topological polar surface area (TPSA) is 78.5 Å². The van der Waals surface area contributed by atoms with Gasteiger partial charge >= 0.3 is 0 Å². The number of benzene rings is 1. The van der Waals surface area contributed by atoms with Crippen LogP contribution in [0.3, 0.4) is 0 Å². The molecule has 2 rings (SSSR count). The van der Waals surface area contributed by atoms with E-state index in [1.807, 2.05) is 12.1 Å². The van der Waals surface area contributed by atoms with Crippen LogP contribution in [0.25, 0.3) is 0 Å². The summed E-state index contributed by atoms with van der Waals surface area (Å²) in [5, 5.41) is 2.89. The number of hydrogen-bond acceptors (Lipinski definition) is 4. The number of sulfonamides is 1. The molecule has 0 aromatic heterocycles. The van der Waals surface area contributed by atoms with Gasteiger partial charge in [-0.25, -0.2) is 13.1 Å². The van der Waals surface area contributed by atoms with E-state index < -0.39 is 10.0 Å². The van der Waals surface area contributed by atoms with E-state index >= 15 is 0 Å². The van der Waals surface area contributed by atoms with Crippen molar-refractivity contribution in [1.29, 1.82) is 0 Å². The molecule has 1 aromatic carbocycles. The summed E-state index contributed by atoms with van der Waals surface area (Å²) in [6.45, 7) is 5.06. The van der Waals surface area contributed by atoms with Crippen molar-refractivity contribution >= 4 is 15.9 Å². The van der Waals surface area contributed by atoms with Crippen molar-refractivity contribution < 1.29 is 13.2 Å². The zero-order valence-electron chi connectivity index (χ0n) is 13.7. The molecule has 6 nitrogen and oxygen atoms in total. The van der Waals surface area contributed by atoms with Crippen LogP contribution in [0.4, 0.5) is 0 Å². The van der Waals surface area contributed by atoms with Crippen molar-refractivity contribution in [2.75, 3.05) is 26.7 Å². The Labute approximate surface area is 138 Å². The third kappa shape index (κ3) is 5.30. The van der Waals surface area contributed by atoms with E-state index in [0.717, 1.165) is 44.6 Å². The van der Waals surface area contributed by atoms with Gasteiger partial charge in [-0.3, -0.25) is 9.69 Å². The Bertz CT molecular complexity index is 628. The van der Waals surface area contributed by atoms with Crippen LogP contribution >= 0.6 is 0 Å². The lowest BCUT2D eigenvalue weighted by Gasteiger charge is -2.32. The van der Waals surface area contributed by atoms with E-state index in [4.69, 9.17) is 0 Å². The molecule has 1 fully saturated rings. The maximum Gasteiger partial charge on any atom is 0.240 e. The lowest BCUT2D eigenvalue weighted by molar-refractivity contribution is -0.119. The number of nitrogens with one attached hydrogen (secondary N) is 2. The predicted octanol–water partition coefficient (Wildman–Crippen LogP) is 0.943. The molecule has 0 unspecified atom stereocenters. The summed E-state index contributed by atoms with van der Waals surface area (Å²) in [6.07, 6.45) is 2.26. The van der Waals surface area contributed by atoms with E-state index in [0.29, 0.717) is 5.92 Å². The highest BCUT2D eigenvalue weighted by Crippen LogP contribution is 2.19. The molecular formula is C16H25N3O3S. The van der Waals surface area contributed by atoms with Gasteiger partial charge in [-0.2, -0.15) is 0 Å². The fourth-order valence-electron chi connectivity index (χ4n) is 2.90. The number of carbonyl (C=O) groups is 1. The van der Waals surface area contributed by atoms with Gasteiger partial charge in [0.2, 0.25) is 15.9 Å². The lowest BCUT2D eigenvalue weighted by atomic mass is 9.97. The minimum Gasteiger partial charge on any atom is -0.356 e. The van der Waals surface area contributed by atoms with Crippen LogP contribution < -0.4 is 10.0 Å². The van der Waals surface area contributed by atoms with Crippen molar-refractivity contribution in [3.8, 4) is 0 Å². The molecule has 1 atom stereocenters. The summed E-state index contributed by atoms with van der Waals surface area (Å²) in [5.41, 5.74) is 1.10. The molecule has 1 amide bonds. The maximum atomic E-state index is 11.7. The monoisotopic (exact) mass is 339 g/mol. The van der Waals surface area contributed by atoms with Crippen molar-refractivity contribution in [2.45, 2.75) is 31.2 Å². The number of nitrogens with zero attached hydrogens (tertiary/aromatic N) is 1. The molecular weight excluding hydrogens is 314 g/mol. The average Bonchev–Trinajstić information content (AvgIpc) is 2.54. The molecule has 2 N–H and O–H groups in total. The third-order valence-electron chi connectivity index (χ3n) is 4.15. The highest BCUT2D eigenvalue weighted by atomic mass is 32.2. The average molecular weight is 339 g/mol. The van der Waals surface area contributed by atoms with Gasteiger partial charge in [0.05, 0.1) is 4.90 Å². The van der Waals surface area contributed by atoms with Gasteiger partial charge in [-0.1, -0.05) is 12.1 Å². The molecule has 0 spiro atoms. The van der Waals surface area contributed by atoms with E-state index in [9.17, 15) is 13.2 Å². The van der Waals surface area contributed by atoms with Crippen LogP contribution in [0.15, 0.2) is 29.2 Å². The maximum absolute atomic E-state index is 11.7. The summed E-state index contributed by atoms with van der Waals surface area (Å²) in [4.78, 5) is 13.7. The van der Waals surface area contributed by atoms with Crippen LogP contribution in [0.1, 0.15) is 25.3 Å².